The summed E-state index contributed by atoms with van der Waals surface area (Å²) in [5, 5.41) is 18.2. The second-order valence-electron chi connectivity index (χ2n) is 6.35. The summed E-state index contributed by atoms with van der Waals surface area (Å²) < 4.78 is 5.37. The number of likely N-dealkylation sites (tertiary alicyclic amines) is 1. The van der Waals surface area contributed by atoms with E-state index in [1.54, 1.807) is 4.90 Å². The zero-order chi connectivity index (χ0) is 14.5. The molecule has 5 heteroatoms. The van der Waals surface area contributed by atoms with Gasteiger partial charge in [-0.05, 0) is 52.4 Å². The quantitative estimate of drug-likeness (QED) is 0.819. The third-order valence-corrected chi connectivity index (χ3v) is 3.29. The number of aliphatic hydroxyl groups is 2. The van der Waals surface area contributed by atoms with Crippen LogP contribution >= 0.6 is 0 Å². The number of carbonyl (C=O) groups excluding carboxylic acids is 1. The Hall–Kier alpha value is -0.810. The van der Waals surface area contributed by atoms with Crippen molar-refractivity contribution in [1.82, 2.24) is 4.90 Å². The molecule has 1 fully saturated rings. The Morgan fingerprint density at radius 3 is 2.74 bits per heavy atom. The number of piperidine rings is 1. The summed E-state index contributed by atoms with van der Waals surface area (Å²) in [5.41, 5.74) is -0.461. The molecule has 0 bridgehead atoms. The number of ether oxygens (including phenoxy) is 1. The molecule has 2 atom stereocenters. The van der Waals surface area contributed by atoms with Gasteiger partial charge in [0.05, 0.1) is 12.7 Å². The van der Waals surface area contributed by atoms with Gasteiger partial charge in [-0.25, -0.2) is 4.79 Å². The summed E-state index contributed by atoms with van der Waals surface area (Å²) in [6, 6.07) is 0. The first-order chi connectivity index (χ1) is 8.81. The molecule has 1 aliphatic rings. The van der Waals surface area contributed by atoms with Crippen LogP contribution < -0.4 is 0 Å². The molecule has 0 saturated carbocycles. The molecule has 0 aromatic heterocycles. The van der Waals surface area contributed by atoms with Crippen molar-refractivity contribution >= 4 is 6.09 Å². The molecule has 1 heterocycles. The fourth-order valence-corrected chi connectivity index (χ4v) is 2.31. The predicted molar refractivity (Wildman–Crippen MR) is 72.9 cm³/mol. The zero-order valence-corrected chi connectivity index (χ0v) is 12.3. The average molecular weight is 273 g/mol. The minimum atomic E-state index is -0.642. The molecule has 19 heavy (non-hydrogen) atoms. The van der Waals surface area contributed by atoms with E-state index in [4.69, 9.17) is 9.84 Å². The van der Waals surface area contributed by atoms with E-state index in [0.29, 0.717) is 18.9 Å². The molecule has 1 rings (SSSR count). The van der Waals surface area contributed by atoms with Gasteiger partial charge in [-0.1, -0.05) is 0 Å². The summed E-state index contributed by atoms with van der Waals surface area (Å²) in [4.78, 5) is 13.7. The summed E-state index contributed by atoms with van der Waals surface area (Å²) in [7, 11) is 0. The van der Waals surface area contributed by atoms with Crippen molar-refractivity contribution in [1.29, 1.82) is 0 Å². The summed E-state index contributed by atoms with van der Waals surface area (Å²) in [6.45, 7) is 6.83. The van der Waals surface area contributed by atoms with Crippen LogP contribution in [0.4, 0.5) is 4.79 Å². The number of amides is 1. The molecule has 2 unspecified atom stereocenters. The molecule has 2 N–H and O–H groups in total. The maximum atomic E-state index is 12.0. The van der Waals surface area contributed by atoms with Crippen molar-refractivity contribution in [2.45, 2.75) is 58.2 Å². The Bertz CT molecular complexity index is 288. The van der Waals surface area contributed by atoms with Crippen molar-refractivity contribution < 1.29 is 19.7 Å². The van der Waals surface area contributed by atoms with E-state index in [9.17, 15) is 9.90 Å². The summed E-state index contributed by atoms with van der Waals surface area (Å²) in [5.74, 6) is 0.391. The largest absolute Gasteiger partial charge is 0.444 e. The lowest BCUT2D eigenvalue weighted by molar-refractivity contribution is 0.0146. The Morgan fingerprint density at radius 1 is 1.47 bits per heavy atom. The van der Waals surface area contributed by atoms with E-state index in [1.165, 1.54) is 0 Å². The second kappa shape index (κ2) is 7.10. The number of rotatable bonds is 4. The van der Waals surface area contributed by atoms with Crippen molar-refractivity contribution in [2.75, 3.05) is 19.7 Å². The molecule has 0 radical (unpaired) electrons. The standard InChI is InChI=1S/C14H27NO4/c1-14(2,3)19-13(18)15-8-4-5-11(9-15)6-7-12(17)10-16/h11-12,16-17H,4-10H2,1-3H3. The summed E-state index contributed by atoms with van der Waals surface area (Å²) in [6.07, 6.45) is 2.57. The number of hydrogen-bond donors (Lipinski definition) is 2. The highest BCUT2D eigenvalue weighted by Gasteiger charge is 2.27. The summed E-state index contributed by atoms with van der Waals surface area (Å²) >= 11 is 0. The lowest BCUT2D eigenvalue weighted by atomic mass is 9.92. The van der Waals surface area contributed by atoms with Crippen LogP contribution in [-0.4, -0.2) is 52.6 Å². The van der Waals surface area contributed by atoms with Crippen LogP contribution in [0.3, 0.4) is 0 Å². The first-order valence-electron chi connectivity index (χ1n) is 7.08. The second-order valence-corrected chi connectivity index (χ2v) is 6.35. The molecule has 1 aliphatic heterocycles. The van der Waals surface area contributed by atoms with Crippen LogP contribution in [0, 0.1) is 5.92 Å². The molecular formula is C14H27NO4. The van der Waals surface area contributed by atoms with Crippen LogP contribution in [0.15, 0.2) is 0 Å². The number of hydrogen-bond acceptors (Lipinski definition) is 4. The Kier molecular flexibility index (Phi) is 6.07. The van der Waals surface area contributed by atoms with Gasteiger partial charge in [0.25, 0.3) is 0 Å². The van der Waals surface area contributed by atoms with E-state index >= 15 is 0 Å². The molecule has 0 aliphatic carbocycles. The normalized spacial score (nSPS) is 22.2. The van der Waals surface area contributed by atoms with Crippen molar-refractivity contribution in [2.24, 2.45) is 5.92 Å². The van der Waals surface area contributed by atoms with Crippen LogP contribution in [0.25, 0.3) is 0 Å². The third kappa shape index (κ3) is 6.25. The van der Waals surface area contributed by atoms with Crippen LogP contribution in [0.2, 0.25) is 0 Å². The van der Waals surface area contributed by atoms with E-state index in [1.807, 2.05) is 20.8 Å². The first-order valence-corrected chi connectivity index (χ1v) is 7.08. The first kappa shape index (κ1) is 16.2. The van der Waals surface area contributed by atoms with E-state index in [-0.39, 0.29) is 12.7 Å². The minimum absolute atomic E-state index is 0.192. The SMILES string of the molecule is CC(C)(C)OC(=O)N1CCCC(CCC(O)CO)C1. The molecule has 5 nitrogen and oxygen atoms in total. The Balaban J connectivity index is 2.39. The molecule has 1 saturated heterocycles. The fraction of sp³-hybridized carbons (Fsp3) is 0.929. The van der Waals surface area contributed by atoms with Crippen LogP contribution in [-0.2, 0) is 4.74 Å². The molecule has 0 spiro atoms. The van der Waals surface area contributed by atoms with Gasteiger partial charge in [0, 0.05) is 13.1 Å². The maximum Gasteiger partial charge on any atom is 0.410 e. The zero-order valence-electron chi connectivity index (χ0n) is 12.3. The van der Waals surface area contributed by atoms with E-state index in [0.717, 1.165) is 25.8 Å². The Labute approximate surface area is 115 Å². The number of aliphatic hydroxyl groups excluding tert-OH is 2. The van der Waals surface area contributed by atoms with E-state index < -0.39 is 11.7 Å². The highest BCUT2D eigenvalue weighted by molar-refractivity contribution is 5.68. The highest BCUT2D eigenvalue weighted by atomic mass is 16.6. The van der Waals surface area contributed by atoms with Crippen molar-refractivity contribution in [3.05, 3.63) is 0 Å². The van der Waals surface area contributed by atoms with Crippen LogP contribution in [0.5, 0.6) is 0 Å². The number of nitrogens with zero attached hydrogens (tertiary/aromatic N) is 1. The van der Waals surface area contributed by atoms with Crippen molar-refractivity contribution in [3.63, 3.8) is 0 Å². The fourth-order valence-electron chi connectivity index (χ4n) is 2.31. The molecule has 1 amide bonds. The maximum absolute atomic E-state index is 12.0. The highest BCUT2D eigenvalue weighted by Crippen LogP contribution is 2.23. The third-order valence-electron chi connectivity index (χ3n) is 3.29. The van der Waals surface area contributed by atoms with E-state index in [2.05, 4.69) is 0 Å². The number of carbonyl (C=O) groups is 1. The minimum Gasteiger partial charge on any atom is -0.444 e. The smallest absolute Gasteiger partial charge is 0.410 e. The topological polar surface area (TPSA) is 70.0 Å². The monoisotopic (exact) mass is 273 g/mol. The van der Waals surface area contributed by atoms with Gasteiger partial charge < -0.3 is 19.8 Å². The molecular weight excluding hydrogens is 246 g/mol. The van der Waals surface area contributed by atoms with Gasteiger partial charge in [0.15, 0.2) is 0 Å². The van der Waals surface area contributed by atoms with Gasteiger partial charge in [-0.15, -0.1) is 0 Å². The molecule has 112 valence electrons. The van der Waals surface area contributed by atoms with Gasteiger partial charge in [-0.2, -0.15) is 0 Å². The lowest BCUT2D eigenvalue weighted by Crippen LogP contribution is -2.43. The lowest BCUT2D eigenvalue weighted by Gasteiger charge is -2.34. The average Bonchev–Trinajstić information content (AvgIpc) is 2.34. The van der Waals surface area contributed by atoms with Gasteiger partial charge >= 0.3 is 6.09 Å². The predicted octanol–water partition coefficient (Wildman–Crippen LogP) is 1.77. The van der Waals surface area contributed by atoms with Crippen molar-refractivity contribution in [3.8, 4) is 0 Å². The Morgan fingerprint density at radius 2 is 2.16 bits per heavy atom. The van der Waals surface area contributed by atoms with Gasteiger partial charge in [0.2, 0.25) is 0 Å². The molecule has 0 aromatic rings. The van der Waals surface area contributed by atoms with Crippen LogP contribution in [0.1, 0.15) is 46.5 Å². The van der Waals surface area contributed by atoms with Gasteiger partial charge in [0.1, 0.15) is 5.60 Å². The van der Waals surface area contributed by atoms with Gasteiger partial charge in [-0.3, -0.25) is 0 Å². The molecule has 0 aromatic carbocycles.